The van der Waals surface area contributed by atoms with E-state index in [1.807, 2.05) is 73.7 Å². The molecule has 0 spiro atoms. The lowest BCUT2D eigenvalue weighted by Crippen LogP contribution is -2.09. The number of aryl methyl sites for hydroxylation is 1. The number of aromatic amines is 1. The fraction of sp³-hybridized carbons (Fsp3) is 0.0476. The van der Waals surface area contributed by atoms with Crippen molar-refractivity contribution >= 4 is 10.9 Å². The summed E-state index contributed by atoms with van der Waals surface area (Å²) in [4.78, 5) is 19.6. The summed E-state index contributed by atoms with van der Waals surface area (Å²) in [7, 11) is 0. The summed E-state index contributed by atoms with van der Waals surface area (Å²) < 4.78 is 5.85. The molecule has 4 nitrogen and oxygen atoms in total. The van der Waals surface area contributed by atoms with E-state index in [9.17, 15) is 4.79 Å². The molecule has 0 saturated carbocycles. The average Bonchev–Trinajstić information content (AvgIpc) is 2.62. The lowest BCUT2D eigenvalue weighted by molar-refractivity contribution is 0.482. The molecule has 0 aliphatic carbocycles. The minimum absolute atomic E-state index is 0.138. The van der Waals surface area contributed by atoms with Crippen LogP contribution >= 0.6 is 0 Å². The number of aromatic nitrogens is 2. The van der Waals surface area contributed by atoms with Gasteiger partial charge in [-0.1, -0.05) is 24.3 Å². The van der Waals surface area contributed by atoms with Crippen LogP contribution in [0.2, 0.25) is 0 Å². The Bertz CT molecular complexity index is 1100. The molecule has 0 saturated heterocycles. The maximum absolute atomic E-state index is 12.2. The number of para-hydroxylation sites is 1. The number of H-pyrrole nitrogens is 1. The molecule has 1 N–H and O–H groups in total. The molecule has 4 heteroatoms. The minimum Gasteiger partial charge on any atom is -0.457 e. The first-order valence-electron chi connectivity index (χ1n) is 8.03. The van der Waals surface area contributed by atoms with Crippen molar-refractivity contribution in [3.05, 3.63) is 88.7 Å². The van der Waals surface area contributed by atoms with Gasteiger partial charge in [-0.15, -0.1) is 0 Å². The van der Waals surface area contributed by atoms with Crippen molar-refractivity contribution in [1.82, 2.24) is 9.97 Å². The summed E-state index contributed by atoms with van der Waals surface area (Å²) in [6.45, 7) is 2.03. The zero-order chi connectivity index (χ0) is 17.2. The van der Waals surface area contributed by atoms with Gasteiger partial charge >= 0.3 is 0 Å². The molecule has 4 rings (SSSR count). The van der Waals surface area contributed by atoms with Crippen LogP contribution in [0.4, 0.5) is 0 Å². The van der Waals surface area contributed by atoms with Gasteiger partial charge < -0.3 is 9.72 Å². The van der Waals surface area contributed by atoms with Crippen molar-refractivity contribution in [2.75, 3.05) is 0 Å². The molecule has 0 bridgehead atoms. The fourth-order valence-corrected chi connectivity index (χ4v) is 2.72. The van der Waals surface area contributed by atoms with E-state index in [0.717, 1.165) is 22.6 Å². The van der Waals surface area contributed by atoms with Crippen molar-refractivity contribution in [3.8, 4) is 22.9 Å². The molecule has 0 unspecified atom stereocenters. The van der Waals surface area contributed by atoms with Gasteiger partial charge in [-0.3, -0.25) is 4.79 Å². The Hall–Kier alpha value is -3.40. The van der Waals surface area contributed by atoms with Gasteiger partial charge in [0.05, 0.1) is 10.9 Å². The van der Waals surface area contributed by atoms with Crippen LogP contribution in [0, 0.1) is 6.92 Å². The van der Waals surface area contributed by atoms with Crippen molar-refractivity contribution in [2.45, 2.75) is 6.92 Å². The summed E-state index contributed by atoms with van der Waals surface area (Å²) in [6, 6.07) is 22.7. The van der Waals surface area contributed by atoms with Gasteiger partial charge in [-0.05, 0) is 61.0 Å². The summed E-state index contributed by atoms with van der Waals surface area (Å²) in [5.41, 5.74) is 2.52. The van der Waals surface area contributed by atoms with Gasteiger partial charge in [0, 0.05) is 5.56 Å². The third kappa shape index (κ3) is 3.15. The molecular formula is C21H16N2O2. The van der Waals surface area contributed by atoms with Crippen LogP contribution in [-0.4, -0.2) is 9.97 Å². The lowest BCUT2D eigenvalue weighted by atomic mass is 10.2. The fourth-order valence-electron chi connectivity index (χ4n) is 2.72. The highest BCUT2D eigenvalue weighted by atomic mass is 16.5. The van der Waals surface area contributed by atoms with Gasteiger partial charge in [-0.25, -0.2) is 4.98 Å². The minimum atomic E-state index is -0.138. The second kappa shape index (κ2) is 6.24. The smallest absolute Gasteiger partial charge is 0.259 e. The highest BCUT2D eigenvalue weighted by Gasteiger charge is 2.06. The Morgan fingerprint density at radius 2 is 1.68 bits per heavy atom. The molecule has 0 aliphatic heterocycles. The predicted octanol–water partition coefficient (Wildman–Crippen LogP) is 4.69. The van der Waals surface area contributed by atoms with Crippen molar-refractivity contribution in [3.63, 3.8) is 0 Å². The SMILES string of the molecule is Cc1cccc(Oc2ccc(-c3nc4ccccc4c(=O)[nH]3)cc2)c1. The molecule has 122 valence electrons. The molecule has 1 heterocycles. The molecule has 0 radical (unpaired) electrons. The van der Waals surface area contributed by atoms with Gasteiger partial charge in [0.2, 0.25) is 0 Å². The number of rotatable bonds is 3. The summed E-state index contributed by atoms with van der Waals surface area (Å²) in [5.74, 6) is 2.08. The highest BCUT2D eigenvalue weighted by Crippen LogP contribution is 2.25. The first-order valence-corrected chi connectivity index (χ1v) is 8.03. The Balaban J connectivity index is 1.65. The maximum Gasteiger partial charge on any atom is 0.259 e. The molecule has 3 aromatic carbocycles. The summed E-state index contributed by atoms with van der Waals surface area (Å²) >= 11 is 0. The average molecular weight is 328 g/mol. The number of ether oxygens (including phenoxy) is 1. The van der Waals surface area contributed by atoms with Crippen molar-refractivity contribution < 1.29 is 4.74 Å². The summed E-state index contributed by atoms with van der Waals surface area (Å²) in [6.07, 6.45) is 0. The zero-order valence-corrected chi connectivity index (χ0v) is 13.7. The second-order valence-electron chi connectivity index (χ2n) is 5.87. The van der Waals surface area contributed by atoms with Crippen molar-refractivity contribution in [2.24, 2.45) is 0 Å². The third-order valence-electron chi connectivity index (χ3n) is 3.97. The number of nitrogens with one attached hydrogen (secondary N) is 1. The first-order chi connectivity index (χ1) is 12.2. The Kier molecular flexibility index (Phi) is 3.78. The van der Waals surface area contributed by atoms with E-state index in [1.54, 1.807) is 6.07 Å². The van der Waals surface area contributed by atoms with Crippen LogP contribution < -0.4 is 10.3 Å². The van der Waals surface area contributed by atoms with E-state index in [1.165, 1.54) is 0 Å². The van der Waals surface area contributed by atoms with Gasteiger partial charge in [0.25, 0.3) is 5.56 Å². The van der Waals surface area contributed by atoms with Crippen LogP contribution in [0.3, 0.4) is 0 Å². The Morgan fingerprint density at radius 1 is 0.880 bits per heavy atom. The second-order valence-corrected chi connectivity index (χ2v) is 5.87. The highest BCUT2D eigenvalue weighted by molar-refractivity contribution is 5.79. The van der Waals surface area contributed by atoms with E-state index >= 15 is 0 Å². The molecular weight excluding hydrogens is 312 g/mol. The molecule has 0 amide bonds. The number of fused-ring (bicyclic) bond motifs is 1. The standard InChI is InChI=1S/C21H16N2O2/c1-14-5-4-6-17(13-14)25-16-11-9-15(10-12-16)20-22-19-8-3-2-7-18(19)21(24)23-20/h2-13H,1H3,(H,22,23,24). The first kappa shape index (κ1) is 15.1. The van der Waals surface area contributed by atoms with E-state index in [0.29, 0.717) is 16.7 Å². The molecule has 0 aliphatic rings. The van der Waals surface area contributed by atoms with Crippen LogP contribution in [0.5, 0.6) is 11.5 Å². The normalized spacial score (nSPS) is 10.8. The van der Waals surface area contributed by atoms with Crippen LogP contribution in [0.25, 0.3) is 22.3 Å². The maximum atomic E-state index is 12.2. The van der Waals surface area contributed by atoms with Crippen LogP contribution in [-0.2, 0) is 0 Å². The molecule has 4 aromatic rings. The molecule has 0 atom stereocenters. The van der Waals surface area contributed by atoms with Crippen molar-refractivity contribution in [1.29, 1.82) is 0 Å². The number of benzene rings is 3. The van der Waals surface area contributed by atoms with E-state index in [4.69, 9.17) is 4.74 Å². The Labute approximate surface area is 144 Å². The third-order valence-corrected chi connectivity index (χ3v) is 3.97. The van der Waals surface area contributed by atoms with E-state index in [2.05, 4.69) is 9.97 Å². The lowest BCUT2D eigenvalue weighted by Gasteiger charge is -2.08. The van der Waals surface area contributed by atoms with Gasteiger partial charge in [-0.2, -0.15) is 0 Å². The molecule has 0 fully saturated rings. The zero-order valence-electron chi connectivity index (χ0n) is 13.7. The van der Waals surface area contributed by atoms with Gasteiger partial charge in [0.1, 0.15) is 17.3 Å². The van der Waals surface area contributed by atoms with E-state index < -0.39 is 0 Å². The molecule has 1 aromatic heterocycles. The van der Waals surface area contributed by atoms with Crippen LogP contribution in [0.15, 0.2) is 77.6 Å². The quantitative estimate of drug-likeness (QED) is 0.593. The Morgan fingerprint density at radius 3 is 2.48 bits per heavy atom. The number of hydrogen-bond acceptors (Lipinski definition) is 3. The number of hydrogen-bond donors (Lipinski definition) is 1. The van der Waals surface area contributed by atoms with Crippen LogP contribution in [0.1, 0.15) is 5.56 Å². The summed E-state index contributed by atoms with van der Waals surface area (Å²) in [5, 5.41) is 0.589. The van der Waals surface area contributed by atoms with E-state index in [-0.39, 0.29) is 5.56 Å². The van der Waals surface area contributed by atoms with Gasteiger partial charge in [0.15, 0.2) is 0 Å². The molecule has 25 heavy (non-hydrogen) atoms. The number of nitrogens with zero attached hydrogens (tertiary/aromatic N) is 1. The predicted molar refractivity (Wildman–Crippen MR) is 99.1 cm³/mol. The topological polar surface area (TPSA) is 55.0 Å². The largest absolute Gasteiger partial charge is 0.457 e. The monoisotopic (exact) mass is 328 g/mol.